The third-order valence-corrected chi connectivity index (χ3v) is 3.99. The van der Waals surface area contributed by atoms with Gasteiger partial charge in [-0.25, -0.2) is 0 Å². The van der Waals surface area contributed by atoms with Crippen LogP contribution < -0.4 is 16.0 Å². The summed E-state index contributed by atoms with van der Waals surface area (Å²) in [5, 5.41) is 7.37. The zero-order valence-corrected chi connectivity index (χ0v) is 15.5. The van der Waals surface area contributed by atoms with Gasteiger partial charge in [-0.3, -0.25) is 18.9 Å². The van der Waals surface area contributed by atoms with Crippen molar-refractivity contribution in [2.75, 3.05) is 19.3 Å². The molecular weight excluding hydrogens is 369 g/mol. The van der Waals surface area contributed by atoms with Crippen LogP contribution in [-0.4, -0.2) is 55.7 Å². The van der Waals surface area contributed by atoms with Gasteiger partial charge in [0.1, 0.15) is 11.8 Å². The summed E-state index contributed by atoms with van der Waals surface area (Å²) in [5.74, 6) is -2.58. The van der Waals surface area contributed by atoms with Gasteiger partial charge in [0.15, 0.2) is 5.52 Å². The van der Waals surface area contributed by atoms with Crippen molar-refractivity contribution in [1.82, 2.24) is 16.0 Å². The van der Waals surface area contributed by atoms with Crippen molar-refractivity contribution in [3.63, 3.8) is 0 Å². The van der Waals surface area contributed by atoms with Gasteiger partial charge in [-0.05, 0) is 24.7 Å². The van der Waals surface area contributed by atoms with E-state index in [4.69, 9.17) is 4.55 Å². The van der Waals surface area contributed by atoms with Gasteiger partial charge in [0.2, 0.25) is 5.91 Å². The van der Waals surface area contributed by atoms with Crippen LogP contribution in [0.2, 0.25) is 0 Å². The summed E-state index contributed by atoms with van der Waals surface area (Å²) < 4.78 is 31.1. The highest BCUT2D eigenvalue weighted by Crippen LogP contribution is 2.05. The number of benzene rings is 1. The smallest absolute Gasteiger partial charge is 0.267 e. The van der Waals surface area contributed by atoms with Gasteiger partial charge in [0, 0.05) is 12.1 Å². The molecule has 0 aliphatic heterocycles. The van der Waals surface area contributed by atoms with Crippen molar-refractivity contribution in [3.05, 3.63) is 35.4 Å². The number of carbonyl (C=O) groups excluding carboxylic acids is 3. The Labute approximate surface area is 147 Å². The second kappa shape index (κ2) is 9.57. The Bertz CT molecular complexity index is 735. The summed E-state index contributed by atoms with van der Waals surface area (Å²) in [6.45, 7) is 0.263. The number of hydrogen-bond donors (Lipinski definition) is 4. The van der Waals surface area contributed by atoms with E-state index < -0.39 is 39.3 Å². The van der Waals surface area contributed by atoms with Crippen LogP contribution in [0.1, 0.15) is 15.9 Å². The van der Waals surface area contributed by atoms with Crippen LogP contribution in [0.15, 0.2) is 24.3 Å². The summed E-state index contributed by atoms with van der Waals surface area (Å²) in [6, 6.07) is 4.92. The van der Waals surface area contributed by atoms with Crippen LogP contribution in [0.4, 0.5) is 0 Å². The van der Waals surface area contributed by atoms with Crippen LogP contribution in [0.5, 0.6) is 0 Å². The maximum absolute atomic E-state index is 12.2. The quantitative estimate of drug-likeness (QED) is 0.311. The van der Waals surface area contributed by atoms with Gasteiger partial charge in [-0.1, -0.05) is 21.4 Å². The predicted octanol–water partition coefficient (Wildman–Crippen LogP) is -1.09. The highest BCUT2D eigenvalue weighted by molar-refractivity contribution is 7.85. The fourth-order valence-corrected chi connectivity index (χ4v) is 2.67. The lowest BCUT2D eigenvalue weighted by Gasteiger charge is -2.17. The van der Waals surface area contributed by atoms with E-state index >= 15 is 0 Å². The van der Waals surface area contributed by atoms with Crippen molar-refractivity contribution in [2.45, 2.75) is 12.6 Å². The lowest BCUT2D eigenvalue weighted by molar-refractivity contribution is -0.124. The van der Waals surface area contributed by atoms with Crippen LogP contribution in [0.25, 0.3) is 0 Å². The molecular formula is C14H20N3O6PS. The van der Waals surface area contributed by atoms with Crippen molar-refractivity contribution >= 4 is 36.7 Å². The van der Waals surface area contributed by atoms with Gasteiger partial charge >= 0.3 is 0 Å². The lowest BCUT2D eigenvalue weighted by atomic mass is 10.1. The Morgan fingerprint density at radius 1 is 1.20 bits per heavy atom. The minimum absolute atomic E-state index is 0.218. The summed E-state index contributed by atoms with van der Waals surface area (Å²) in [7, 11) is -0.899. The van der Waals surface area contributed by atoms with E-state index in [2.05, 4.69) is 16.0 Å². The van der Waals surface area contributed by atoms with E-state index in [0.717, 1.165) is 5.56 Å². The SMILES string of the molecule is CNCc1ccc(C(=O)N[C@@H](CS(=O)(=O)O)C(=O)NCC(=O)P)cc1. The van der Waals surface area contributed by atoms with Gasteiger partial charge in [-0.15, -0.1) is 0 Å². The average Bonchev–Trinajstić information content (AvgIpc) is 2.51. The first-order valence-corrected chi connectivity index (χ1v) is 9.36. The molecule has 0 aliphatic carbocycles. The first-order chi connectivity index (χ1) is 11.6. The van der Waals surface area contributed by atoms with E-state index in [-0.39, 0.29) is 12.1 Å². The molecule has 25 heavy (non-hydrogen) atoms. The summed E-state index contributed by atoms with van der Waals surface area (Å²) in [4.78, 5) is 35.0. The fraction of sp³-hybridized carbons (Fsp3) is 0.357. The van der Waals surface area contributed by atoms with E-state index in [0.29, 0.717) is 6.54 Å². The van der Waals surface area contributed by atoms with E-state index in [1.54, 1.807) is 19.2 Å². The van der Waals surface area contributed by atoms with Crippen LogP contribution in [0.3, 0.4) is 0 Å². The molecule has 0 aromatic heterocycles. The molecule has 2 amide bonds. The Balaban J connectivity index is 2.86. The number of rotatable bonds is 9. The normalized spacial score (nSPS) is 12.3. The number of hydrogen-bond acceptors (Lipinski definition) is 6. The van der Waals surface area contributed by atoms with Crippen LogP contribution >= 0.6 is 9.24 Å². The topological polar surface area (TPSA) is 142 Å². The zero-order valence-electron chi connectivity index (χ0n) is 13.5. The molecule has 0 heterocycles. The zero-order chi connectivity index (χ0) is 19.0. The molecule has 1 rings (SSSR count). The molecule has 1 unspecified atom stereocenters. The highest BCUT2D eigenvalue weighted by atomic mass is 32.2. The first kappa shape index (κ1) is 21.2. The summed E-state index contributed by atoms with van der Waals surface area (Å²) in [5.41, 5.74) is 0.728. The van der Waals surface area contributed by atoms with Gasteiger partial charge in [-0.2, -0.15) is 8.42 Å². The van der Waals surface area contributed by atoms with Crippen molar-refractivity contribution < 1.29 is 27.4 Å². The lowest BCUT2D eigenvalue weighted by Crippen LogP contribution is -2.51. The first-order valence-electron chi connectivity index (χ1n) is 7.18. The van der Waals surface area contributed by atoms with Crippen LogP contribution in [-0.2, 0) is 26.3 Å². The minimum Gasteiger partial charge on any atom is -0.347 e. The fourth-order valence-electron chi connectivity index (χ4n) is 1.91. The van der Waals surface area contributed by atoms with E-state index in [9.17, 15) is 22.8 Å². The van der Waals surface area contributed by atoms with Gasteiger partial charge in [0.25, 0.3) is 16.0 Å². The molecule has 0 aliphatic rings. The van der Waals surface area contributed by atoms with Crippen molar-refractivity contribution in [2.24, 2.45) is 0 Å². The monoisotopic (exact) mass is 389 g/mol. The Morgan fingerprint density at radius 2 is 1.80 bits per heavy atom. The van der Waals surface area contributed by atoms with E-state index in [1.807, 2.05) is 9.24 Å². The molecule has 0 fully saturated rings. The molecule has 138 valence electrons. The average molecular weight is 389 g/mol. The number of carbonyl (C=O) groups is 3. The van der Waals surface area contributed by atoms with Gasteiger partial charge < -0.3 is 16.0 Å². The summed E-state index contributed by atoms with van der Waals surface area (Å²) in [6.07, 6.45) is 0. The molecule has 0 radical (unpaired) electrons. The van der Waals surface area contributed by atoms with Crippen molar-refractivity contribution in [3.8, 4) is 0 Å². The summed E-state index contributed by atoms with van der Waals surface area (Å²) >= 11 is 0. The molecule has 1 aromatic rings. The molecule has 0 spiro atoms. The molecule has 0 saturated carbocycles. The van der Waals surface area contributed by atoms with E-state index in [1.165, 1.54) is 12.1 Å². The highest BCUT2D eigenvalue weighted by Gasteiger charge is 2.26. The third-order valence-electron chi connectivity index (χ3n) is 3.03. The van der Waals surface area contributed by atoms with Crippen LogP contribution in [0, 0.1) is 0 Å². The Kier molecular flexibility index (Phi) is 8.11. The Hall–Kier alpha value is -1.87. The standard InChI is InChI=1S/C14H20N3O6PS/c1-15-6-9-2-4-10(5-3-9)13(19)17-11(8-25(21,22)23)14(20)16-7-12(18)24/h2-5,11,15H,6-8,24H2,1H3,(H,16,20)(H,17,19)(H,21,22,23)/t11-/m0/s1. The molecule has 1 aromatic carbocycles. The maximum atomic E-state index is 12.2. The molecule has 4 N–H and O–H groups in total. The molecule has 9 nitrogen and oxygen atoms in total. The second-order valence-corrected chi connectivity index (χ2v) is 7.33. The third kappa shape index (κ3) is 8.17. The number of amides is 2. The Morgan fingerprint density at radius 3 is 2.28 bits per heavy atom. The molecule has 2 atom stereocenters. The van der Waals surface area contributed by atoms with Gasteiger partial charge in [0.05, 0.1) is 6.54 Å². The predicted molar refractivity (Wildman–Crippen MR) is 94.6 cm³/mol. The van der Waals surface area contributed by atoms with Crippen molar-refractivity contribution in [1.29, 1.82) is 0 Å². The second-order valence-electron chi connectivity index (χ2n) is 5.19. The maximum Gasteiger partial charge on any atom is 0.267 e. The largest absolute Gasteiger partial charge is 0.347 e. The molecule has 11 heteroatoms. The number of nitrogens with one attached hydrogen (secondary N) is 3. The minimum atomic E-state index is -4.52. The molecule has 0 bridgehead atoms. The molecule has 0 saturated heterocycles.